The fourth-order valence-electron chi connectivity index (χ4n) is 1.83. The molecule has 22 heavy (non-hydrogen) atoms. The topological polar surface area (TPSA) is 66.5 Å². The smallest absolute Gasteiger partial charge is 0.232 e. The summed E-state index contributed by atoms with van der Waals surface area (Å²) in [7, 11) is -3.59. The predicted molar refractivity (Wildman–Crippen MR) is 91.2 cm³/mol. The standard InChI is InChI=1S/C14H20Cl2N2O3S/c1-14(2,3)17-12(19)8-9-18(22(4,20)21)11-7-5-6-10(15)13(11)16/h5-7H,8-9H2,1-4H3,(H,17,19). The summed E-state index contributed by atoms with van der Waals surface area (Å²) in [5.74, 6) is -0.237. The first-order valence-corrected chi connectivity index (χ1v) is 9.25. The zero-order valence-electron chi connectivity index (χ0n) is 13.0. The lowest BCUT2D eigenvalue weighted by atomic mass is 10.1. The quantitative estimate of drug-likeness (QED) is 0.870. The van der Waals surface area contributed by atoms with Gasteiger partial charge in [0.1, 0.15) is 0 Å². The van der Waals surface area contributed by atoms with Gasteiger partial charge in [-0.3, -0.25) is 9.10 Å². The number of anilines is 1. The zero-order chi connectivity index (χ0) is 17.1. The molecule has 0 unspecified atom stereocenters. The zero-order valence-corrected chi connectivity index (χ0v) is 15.3. The molecule has 0 aliphatic carbocycles. The van der Waals surface area contributed by atoms with E-state index in [1.165, 1.54) is 0 Å². The Morgan fingerprint density at radius 1 is 1.27 bits per heavy atom. The Balaban J connectivity index is 2.98. The minimum absolute atomic E-state index is 0.0131. The molecule has 1 aromatic rings. The Morgan fingerprint density at radius 3 is 2.36 bits per heavy atom. The molecule has 8 heteroatoms. The van der Waals surface area contributed by atoms with Gasteiger partial charge in [-0.25, -0.2) is 8.42 Å². The first-order valence-electron chi connectivity index (χ1n) is 6.64. The van der Waals surface area contributed by atoms with Crippen LogP contribution in [0.1, 0.15) is 27.2 Å². The number of rotatable bonds is 5. The molecule has 0 fully saturated rings. The minimum atomic E-state index is -3.59. The highest BCUT2D eigenvalue weighted by atomic mass is 35.5. The highest BCUT2D eigenvalue weighted by Crippen LogP contribution is 2.33. The van der Waals surface area contributed by atoms with Gasteiger partial charge in [-0.15, -0.1) is 0 Å². The molecule has 124 valence electrons. The maximum absolute atomic E-state index is 12.0. The lowest BCUT2D eigenvalue weighted by Crippen LogP contribution is -2.42. The van der Waals surface area contributed by atoms with E-state index in [2.05, 4.69) is 5.32 Å². The van der Waals surface area contributed by atoms with Crippen molar-refractivity contribution >= 4 is 44.8 Å². The second-order valence-electron chi connectivity index (χ2n) is 5.96. The summed E-state index contributed by atoms with van der Waals surface area (Å²) in [6, 6.07) is 4.73. The summed E-state index contributed by atoms with van der Waals surface area (Å²) in [6.45, 7) is 5.55. The number of carbonyl (C=O) groups is 1. The molecule has 0 aromatic heterocycles. The molecule has 1 rings (SSSR count). The number of hydrogen-bond donors (Lipinski definition) is 1. The van der Waals surface area contributed by atoms with E-state index in [4.69, 9.17) is 23.2 Å². The first-order chi connectivity index (χ1) is 9.92. The summed E-state index contributed by atoms with van der Waals surface area (Å²) >= 11 is 12.0. The van der Waals surface area contributed by atoms with Crippen LogP contribution in [0.3, 0.4) is 0 Å². The number of nitrogens with one attached hydrogen (secondary N) is 1. The lowest BCUT2D eigenvalue weighted by Gasteiger charge is -2.25. The molecule has 1 amide bonds. The average molecular weight is 367 g/mol. The fraction of sp³-hybridized carbons (Fsp3) is 0.500. The van der Waals surface area contributed by atoms with Gasteiger partial charge in [0, 0.05) is 18.5 Å². The van der Waals surface area contributed by atoms with Gasteiger partial charge >= 0.3 is 0 Å². The van der Waals surface area contributed by atoms with Crippen LogP contribution in [-0.2, 0) is 14.8 Å². The Kier molecular flexibility index (Phi) is 6.12. The van der Waals surface area contributed by atoms with Gasteiger partial charge in [0.05, 0.1) is 22.0 Å². The Morgan fingerprint density at radius 2 is 1.86 bits per heavy atom. The molecule has 1 N–H and O–H groups in total. The molecule has 0 aliphatic rings. The van der Waals surface area contributed by atoms with Crippen molar-refractivity contribution in [1.29, 1.82) is 0 Å². The van der Waals surface area contributed by atoms with E-state index >= 15 is 0 Å². The third-order valence-corrected chi connectivity index (χ3v) is 4.65. The van der Waals surface area contributed by atoms with E-state index in [0.29, 0.717) is 0 Å². The second-order valence-corrected chi connectivity index (χ2v) is 8.65. The summed E-state index contributed by atoms with van der Waals surface area (Å²) < 4.78 is 25.1. The van der Waals surface area contributed by atoms with Crippen LogP contribution in [0.25, 0.3) is 0 Å². The van der Waals surface area contributed by atoms with Crippen LogP contribution in [0, 0.1) is 0 Å². The first kappa shape index (κ1) is 19.1. The number of amides is 1. The van der Waals surface area contributed by atoms with Crippen LogP contribution < -0.4 is 9.62 Å². The van der Waals surface area contributed by atoms with Crippen molar-refractivity contribution in [2.24, 2.45) is 0 Å². The Hall–Kier alpha value is -0.980. The van der Waals surface area contributed by atoms with Crippen molar-refractivity contribution in [3.8, 4) is 0 Å². The van der Waals surface area contributed by atoms with Gasteiger partial charge in [0.25, 0.3) is 0 Å². The highest BCUT2D eigenvalue weighted by Gasteiger charge is 2.23. The Bertz CT molecular complexity index is 655. The van der Waals surface area contributed by atoms with Crippen LogP contribution in [0.2, 0.25) is 10.0 Å². The van der Waals surface area contributed by atoms with Crippen molar-refractivity contribution in [3.05, 3.63) is 28.2 Å². The van der Waals surface area contributed by atoms with Gasteiger partial charge < -0.3 is 5.32 Å². The van der Waals surface area contributed by atoms with Gasteiger partial charge in [-0.05, 0) is 32.9 Å². The number of benzene rings is 1. The predicted octanol–water partition coefficient (Wildman–Crippen LogP) is 3.06. The molecule has 0 radical (unpaired) electrons. The number of sulfonamides is 1. The van der Waals surface area contributed by atoms with Crippen LogP contribution in [0.5, 0.6) is 0 Å². The molecule has 0 atom stereocenters. The monoisotopic (exact) mass is 366 g/mol. The van der Waals surface area contributed by atoms with E-state index < -0.39 is 10.0 Å². The van der Waals surface area contributed by atoms with Crippen LogP contribution in [0.15, 0.2) is 18.2 Å². The van der Waals surface area contributed by atoms with Crippen molar-refractivity contribution in [1.82, 2.24) is 5.32 Å². The van der Waals surface area contributed by atoms with Crippen LogP contribution >= 0.6 is 23.2 Å². The largest absolute Gasteiger partial charge is 0.351 e. The molecule has 0 heterocycles. The van der Waals surface area contributed by atoms with E-state index in [1.807, 2.05) is 20.8 Å². The van der Waals surface area contributed by atoms with Gasteiger partial charge in [-0.2, -0.15) is 0 Å². The highest BCUT2D eigenvalue weighted by molar-refractivity contribution is 7.92. The number of halogens is 2. The molecule has 5 nitrogen and oxygen atoms in total. The number of carbonyl (C=O) groups excluding carboxylic acids is 1. The lowest BCUT2D eigenvalue weighted by molar-refractivity contribution is -0.122. The molecule has 0 saturated carbocycles. The second kappa shape index (κ2) is 7.06. The van der Waals surface area contributed by atoms with E-state index in [9.17, 15) is 13.2 Å². The number of nitrogens with zero attached hydrogens (tertiary/aromatic N) is 1. The van der Waals surface area contributed by atoms with E-state index in [-0.39, 0.29) is 40.1 Å². The van der Waals surface area contributed by atoms with E-state index in [0.717, 1.165) is 10.6 Å². The SMILES string of the molecule is CC(C)(C)NC(=O)CCN(c1cccc(Cl)c1Cl)S(C)(=O)=O. The summed E-state index contributed by atoms with van der Waals surface area (Å²) in [5.41, 5.74) is -0.110. The van der Waals surface area contributed by atoms with Crippen molar-refractivity contribution < 1.29 is 13.2 Å². The maximum Gasteiger partial charge on any atom is 0.232 e. The average Bonchev–Trinajstić information content (AvgIpc) is 2.30. The molecule has 0 aliphatic heterocycles. The summed E-state index contributed by atoms with van der Waals surface area (Å²) in [5, 5.41) is 3.18. The fourth-order valence-corrected chi connectivity index (χ4v) is 3.21. The minimum Gasteiger partial charge on any atom is -0.351 e. The van der Waals surface area contributed by atoms with E-state index in [1.54, 1.807) is 18.2 Å². The van der Waals surface area contributed by atoms with Crippen molar-refractivity contribution in [3.63, 3.8) is 0 Å². The third-order valence-electron chi connectivity index (χ3n) is 2.66. The molecule has 1 aromatic carbocycles. The molecular weight excluding hydrogens is 347 g/mol. The molecular formula is C14H20Cl2N2O3S. The van der Waals surface area contributed by atoms with Gasteiger partial charge in [0.2, 0.25) is 15.9 Å². The molecule has 0 saturated heterocycles. The van der Waals surface area contributed by atoms with Crippen molar-refractivity contribution in [2.75, 3.05) is 17.1 Å². The van der Waals surface area contributed by atoms with Crippen molar-refractivity contribution in [2.45, 2.75) is 32.7 Å². The molecule has 0 bridgehead atoms. The third kappa shape index (κ3) is 5.66. The van der Waals surface area contributed by atoms with Gasteiger partial charge in [-0.1, -0.05) is 29.3 Å². The summed E-state index contributed by atoms with van der Waals surface area (Å²) in [4.78, 5) is 11.9. The summed E-state index contributed by atoms with van der Waals surface area (Å²) in [6.07, 6.45) is 1.08. The van der Waals surface area contributed by atoms with Gasteiger partial charge in [0.15, 0.2) is 0 Å². The number of hydrogen-bond acceptors (Lipinski definition) is 3. The Labute approximate surface area is 141 Å². The van der Waals surface area contributed by atoms with Crippen LogP contribution in [0.4, 0.5) is 5.69 Å². The van der Waals surface area contributed by atoms with Crippen LogP contribution in [-0.4, -0.2) is 32.7 Å². The normalized spacial score (nSPS) is 12.1. The maximum atomic E-state index is 12.0. The molecule has 0 spiro atoms.